The minimum absolute atomic E-state index is 0.00979. The highest BCUT2D eigenvalue weighted by molar-refractivity contribution is 8.00. The number of phenols is 2. The molecule has 13 nitrogen and oxygen atoms in total. The van der Waals surface area contributed by atoms with Crippen molar-refractivity contribution in [2.75, 3.05) is 67.6 Å². The van der Waals surface area contributed by atoms with Gasteiger partial charge in [-0.2, -0.15) is 35.3 Å². The number of benzene rings is 1. The summed E-state index contributed by atoms with van der Waals surface area (Å²) in [5.41, 5.74) is -2.16. The summed E-state index contributed by atoms with van der Waals surface area (Å²) in [6.07, 6.45) is 2.14. The number of rotatable bonds is 30. The average molecular weight is 867 g/mol. The highest BCUT2D eigenvalue weighted by Crippen LogP contribution is 2.36. The molecule has 0 spiro atoms. The Morgan fingerprint density at radius 3 is 1.57 bits per heavy atom. The van der Waals surface area contributed by atoms with Gasteiger partial charge in [-0.05, 0) is 37.7 Å². The Hall–Kier alpha value is -2.47. The van der Waals surface area contributed by atoms with Gasteiger partial charge in [0, 0.05) is 46.5 Å². The van der Waals surface area contributed by atoms with E-state index in [-0.39, 0.29) is 80.5 Å². The number of aliphatic hydroxyl groups excluding tert-OH is 1. The van der Waals surface area contributed by atoms with Crippen LogP contribution in [0.4, 0.5) is 0 Å². The van der Waals surface area contributed by atoms with Crippen LogP contribution in [0.2, 0.25) is 0 Å². The van der Waals surface area contributed by atoms with Crippen LogP contribution in [0.5, 0.6) is 11.5 Å². The molecule has 320 valence electrons. The molecule has 0 radical (unpaired) electrons. The number of hydrogen-bond donors (Lipinski definition) is 3. The lowest BCUT2D eigenvalue weighted by Gasteiger charge is -2.31. The van der Waals surface area contributed by atoms with Crippen LogP contribution in [0.25, 0.3) is 0 Å². The molecule has 56 heavy (non-hydrogen) atoms. The van der Waals surface area contributed by atoms with E-state index in [1.54, 1.807) is 42.6 Å². The fourth-order valence-corrected chi connectivity index (χ4v) is 7.88. The normalized spacial score (nSPS) is 13.6. The number of para-hydroxylation sites is 1. The zero-order valence-corrected chi connectivity index (χ0v) is 37.0. The van der Waals surface area contributed by atoms with E-state index in [1.165, 1.54) is 17.8 Å². The monoisotopic (exact) mass is 866 g/mol. The molecule has 3 N–H and O–H groups in total. The first-order chi connectivity index (χ1) is 26.5. The second-order valence-electron chi connectivity index (χ2n) is 14.3. The predicted molar refractivity (Wildman–Crippen MR) is 223 cm³/mol. The number of hydrogen-bond acceptors (Lipinski definition) is 17. The molecule has 2 atom stereocenters. The SMILES string of the molecule is CCCSCCC(=O)OCC(COC(=O)CCSCCC(=O)OC(C)(CC)CCO)(COC(=O)CCSc1cccc(O)c1O)COC(=O)CCSC(C)(C)C. The summed E-state index contributed by atoms with van der Waals surface area (Å²) in [6.45, 7) is 10.2. The van der Waals surface area contributed by atoms with Gasteiger partial charge in [-0.3, -0.25) is 24.0 Å². The van der Waals surface area contributed by atoms with E-state index in [0.717, 1.165) is 23.9 Å². The molecule has 0 aromatic heterocycles. The average Bonchev–Trinajstić information content (AvgIpc) is 3.14. The Bertz CT molecular complexity index is 1360. The summed E-state index contributed by atoms with van der Waals surface area (Å²) in [4.78, 5) is 64.2. The van der Waals surface area contributed by atoms with Gasteiger partial charge in [-0.1, -0.05) is 40.7 Å². The van der Waals surface area contributed by atoms with Gasteiger partial charge in [0.25, 0.3) is 0 Å². The maximum atomic E-state index is 12.9. The molecule has 2 unspecified atom stereocenters. The van der Waals surface area contributed by atoms with Crippen molar-refractivity contribution in [2.24, 2.45) is 5.41 Å². The first kappa shape index (κ1) is 51.5. The van der Waals surface area contributed by atoms with Crippen molar-refractivity contribution in [3.8, 4) is 11.5 Å². The number of esters is 5. The predicted octanol–water partition coefficient (Wildman–Crippen LogP) is 6.80. The van der Waals surface area contributed by atoms with Crippen molar-refractivity contribution in [1.29, 1.82) is 0 Å². The van der Waals surface area contributed by atoms with Crippen molar-refractivity contribution in [1.82, 2.24) is 0 Å². The van der Waals surface area contributed by atoms with Gasteiger partial charge in [0.1, 0.15) is 37.4 Å². The van der Waals surface area contributed by atoms with Crippen LogP contribution < -0.4 is 0 Å². The Balaban J connectivity index is 3.00. The van der Waals surface area contributed by atoms with Crippen molar-refractivity contribution in [3.05, 3.63) is 18.2 Å². The fourth-order valence-electron chi connectivity index (χ4n) is 4.46. The van der Waals surface area contributed by atoms with Crippen LogP contribution in [0.15, 0.2) is 23.1 Å². The summed E-state index contributed by atoms with van der Waals surface area (Å²) in [6, 6.07) is 4.51. The van der Waals surface area contributed by atoms with E-state index in [0.29, 0.717) is 40.7 Å². The molecule has 1 rings (SSSR count). The first-order valence-electron chi connectivity index (χ1n) is 18.9. The third-order valence-corrected chi connectivity index (χ3v) is 12.5. The molecule has 0 bridgehead atoms. The van der Waals surface area contributed by atoms with Gasteiger partial charge < -0.3 is 39.0 Å². The highest BCUT2D eigenvalue weighted by Gasteiger charge is 2.38. The molecule has 0 saturated carbocycles. The number of aromatic hydroxyl groups is 2. The van der Waals surface area contributed by atoms with Crippen molar-refractivity contribution < 1.29 is 63.0 Å². The molecule has 0 aliphatic rings. The second-order valence-corrected chi connectivity index (χ2v) is 19.8. The van der Waals surface area contributed by atoms with Crippen molar-refractivity contribution in [2.45, 2.75) is 108 Å². The number of ether oxygens (including phenoxy) is 5. The van der Waals surface area contributed by atoms with Gasteiger partial charge in [0.2, 0.25) is 0 Å². The van der Waals surface area contributed by atoms with E-state index in [1.807, 2.05) is 34.6 Å². The molecular weight excluding hydrogens is 805 g/mol. The zero-order chi connectivity index (χ0) is 42.0. The lowest BCUT2D eigenvalue weighted by molar-refractivity contribution is -0.170. The van der Waals surface area contributed by atoms with E-state index < -0.39 is 47.5 Å². The van der Waals surface area contributed by atoms with E-state index >= 15 is 0 Å². The Kier molecular flexibility index (Phi) is 25.8. The van der Waals surface area contributed by atoms with Crippen LogP contribution in [0.3, 0.4) is 0 Å². The number of phenolic OH excluding ortho intramolecular Hbond substituents is 2. The summed E-state index contributed by atoms with van der Waals surface area (Å²) in [7, 11) is 0. The van der Waals surface area contributed by atoms with Gasteiger partial charge >= 0.3 is 29.8 Å². The van der Waals surface area contributed by atoms with E-state index in [9.17, 15) is 39.3 Å². The van der Waals surface area contributed by atoms with Crippen LogP contribution in [-0.4, -0.2) is 123 Å². The second kappa shape index (κ2) is 28.0. The minimum Gasteiger partial charge on any atom is -0.504 e. The molecule has 0 fully saturated rings. The van der Waals surface area contributed by atoms with E-state index in [2.05, 4.69) is 0 Å². The van der Waals surface area contributed by atoms with Crippen molar-refractivity contribution in [3.63, 3.8) is 0 Å². The van der Waals surface area contributed by atoms with E-state index in [4.69, 9.17) is 23.7 Å². The number of aliphatic hydroxyl groups is 1. The molecule has 0 aliphatic carbocycles. The Morgan fingerprint density at radius 1 is 0.643 bits per heavy atom. The third-order valence-electron chi connectivity index (χ3n) is 7.99. The lowest BCUT2D eigenvalue weighted by Crippen LogP contribution is -2.44. The van der Waals surface area contributed by atoms with Crippen molar-refractivity contribution >= 4 is 76.9 Å². The number of carbonyl (C=O) groups is 5. The minimum atomic E-state index is -1.42. The lowest BCUT2D eigenvalue weighted by atomic mass is 9.92. The van der Waals surface area contributed by atoms with Crippen LogP contribution >= 0.6 is 47.0 Å². The Labute approximate surface area is 349 Å². The molecule has 1 aromatic carbocycles. The number of carbonyl (C=O) groups excluding carboxylic acids is 5. The molecule has 0 amide bonds. The fraction of sp³-hybridized carbons (Fsp3) is 0.718. The van der Waals surface area contributed by atoms with Gasteiger partial charge in [0.15, 0.2) is 11.5 Å². The molecule has 1 aromatic rings. The molecular formula is C39H62O13S4. The van der Waals surface area contributed by atoms with Crippen LogP contribution in [-0.2, 0) is 47.7 Å². The molecule has 17 heteroatoms. The Morgan fingerprint density at radius 2 is 1.11 bits per heavy atom. The summed E-state index contributed by atoms with van der Waals surface area (Å²) >= 11 is 5.72. The van der Waals surface area contributed by atoms with Gasteiger partial charge in [-0.15, -0.1) is 11.8 Å². The van der Waals surface area contributed by atoms with Gasteiger partial charge in [-0.25, -0.2) is 0 Å². The van der Waals surface area contributed by atoms with Crippen LogP contribution in [0.1, 0.15) is 92.9 Å². The summed E-state index contributed by atoms with van der Waals surface area (Å²) in [5.74, 6) is -0.304. The maximum absolute atomic E-state index is 12.9. The summed E-state index contributed by atoms with van der Waals surface area (Å²) in [5, 5.41) is 29.1. The zero-order valence-electron chi connectivity index (χ0n) is 33.7. The topological polar surface area (TPSA) is 192 Å². The highest BCUT2D eigenvalue weighted by atomic mass is 32.2. The molecule has 0 aliphatic heterocycles. The largest absolute Gasteiger partial charge is 0.504 e. The quantitative estimate of drug-likeness (QED) is 0.0240. The molecule has 0 saturated heterocycles. The summed E-state index contributed by atoms with van der Waals surface area (Å²) < 4.78 is 28.0. The standard InChI is InChI=1S/C39H62O13S4/c1-7-19-53-20-12-31(42)48-25-39(28-51-34(45)16-24-56-37(3,4)5,27-50-33(44)15-23-55-30-11-9-10-29(41)36(30)47)26-49-32(43)13-21-54-22-14-35(46)52-38(6,8-2)17-18-40/h9-11,40-41,47H,7-8,12-28H2,1-6H3. The smallest absolute Gasteiger partial charge is 0.307 e. The number of thioether (sulfide) groups is 4. The molecule has 0 heterocycles. The third kappa shape index (κ3) is 23.7. The van der Waals surface area contributed by atoms with Crippen LogP contribution in [0, 0.1) is 5.41 Å². The maximum Gasteiger partial charge on any atom is 0.307 e. The first-order valence-corrected chi connectivity index (χ1v) is 23.1. The van der Waals surface area contributed by atoms with Gasteiger partial charge in [0.05, 0.1) is 37.0 Å².